The van der Waals surface area contributed by atoms with E-state index in [2.05, 4.69) is 40.1 Å². The molecule has 1 aromatic rings. The SMILES string of the molecule is CC(CBr)C(C)NCc1nccs1. The molecule has 2 nitrogen and oxygen atoms in total. The molecule has 1 rings (SSSR count). The van der Waals surface area contributed by atoms with E-state index in [9.17, 15) is 0 Å². The highest BCUT2D eigenvalue weighted by atomic mass is 79.9. The number of hydrogen-bond donors (Lipinski definition) is 1. The van der Waals surface area contributed by atoms with Crippen molar-refractivity contribution in [3.63, 3.8) is 0 Å². The van der Waals surface area contributed by atoms with E-state index in [0.717, 1.165) is 16.9 Å². The fourth-order valence-corrected chi connectivity index (χ4v) is 2.05. The van der Waals surface area contributed by atoms with Crippen LogP contribution in [0.5, 0.6) is 0 Å². The molecule has 1 aromatic heterocycles. The second kappa shape index (κ2) is 5.73. The van der Waals surface area contributed by atoms with Crippen LogP contribution in [0.2, 0.25) is 0 Å². The zero-order chi connectivity index (χ0) is 9.68. The van der Waals surface area contributed by atoms with Gasteiger partial charge in [0.1, 0.15) is 5.01 Å². The molecule has 0 aliphatic rings. The van der Waals surface area contributed by atoms with Gasteiger partial charge in [-0.1, -0.05) is 22.9 Å². The van der Waals surface area contributed by atoms with Gasteiger partial charge in [0.2, 0.25) is 0 Å². The number of halogens is 1. The average molecular weight is 263 g/mol. The van der Waals surface area contributed by atoms with Crippen LogP contribution in [0.4, 0.5) is 0 Å². The Labute approximate surface area is 91.9 Å². The lowest BCUT2D eigenvalue weighted by Crippen LogP contribution is -2.32. The summed E-state index contributed by atoms with van der Waals surface area (Å²) in [6, 6.07) is 0.531. The molecule has 1 heterocycles. The zero-order valence-electron chi connectivity index (χ0n) is 7.96. The lowest BCUT2D eigenvalue weighted by Gasteiger charge is -2.18. The predicted octanol–water partition coefficient (Wildman–Crippen LogP) is 2.65. The first-order chi connectivity index (χ1) is 6.24. The molecule has 0 aliphatic heterocycles. The molecule has 0 bridgehead atoms. The predicted molar refractivity (Wildman–Crippen MR) is 61.4 cm³/mol. The summed E-state index contributed by atoms with van der Waals surface area (Å²) in [5.41, 5.74) is 0. The molecule has 0 aromatic carbocycles. The van der Waals surface area contributed by atoms with Crippen LogP contribution in [0, 0.1) is 5.92 Å². The summed E-state index contributed by atoms with van der Waals surface area (Å²) in [5, 5.41) is 7.66. The third-order valence-electron chi connectivity index (χ3n) is 2.16. The van der Waals surface area contributed by atoms with Crippen LogP contribution in [0.3, 0.4) is 0 Å². The van der Waals surface area contributed by atoms with E-state index in [1.807, 2.05) is 11.6 Å². The number of alkyl halides is 1. The highest BCUT2D eigenvalue weighted by Crippen LogP contribution is 2.08. The smallest absolute Gasteiger partial charge is 0.106 e. The fourth-order valence-electron chi connectivity index (χ4n) is 0.923. The third kappa shape index (κ3) is 3.75. The Bertz CT molecular complexity index is 226. The first-order valence-corrected chi connectivity index (χ1v) is 6.42. The van der Waals surface area contributed by atoms with Gasteiger partial charge < -0.3 is 5.32 Å². The topological polar surface area (TPSA) is 24.9 Å². The summed E-state index contributed by atoms with van der Waals surface area (Å²) in [6.45, 7) is 5.32. The molecule has 2 atom stereocenters. The van der Waals surface area contributed by atoms with Gasteiger partial charge in [0.05, 0.1) is 0 Å². The van der Waals surface area contributed by atoms with Crippen LogP contribution in [0.15, 0.2) is 11.6 Å². The maximum absolute atomic E-state index is 4.22. The maximum atomic E-state index is 4.22. The molecular weight excluding hydrogens is 248 g/mol. The number of thiazole rings is 1. The van der Waals surface area contributed by atoms with E-state index in [4.69, 9.17) is 0 Å². The average Bonchev–Trinajstić information content (AvgIpc) is 2.65. The molecule has 2 unspecified atom stereocenters. The number of nitrogens with one attached hydrogen (secondary N) is 1. The van der Waals surface area contributed by atoms with Crippen molar-refractivity contribution in [1.82, 2.24) is 10.3 Å². The number of rotatable bonds is 5. The molecule has 74 valence electrons. The van der Waals surface area contributed by atoms with Crippen LogP contribution in [-0.4, -0.2) is 16.4 Å². The Balaban J connectivity index is 2.26. The van der Waals surface area contributed by atoms with Gasteiger partial charge in [-0.2, -0.15) is 0 Å². The summed E-state index contributed by atoms with van der Waals surface area (Å²) in [7, 11) is 0. The van der Waals surface area contributed by atoms with Crippen molar-refractivity contribution in [2.75, 3.05) is 5.33 Å². The molecule has 0 radical (unpaired) electrons. The van der Waals surface area contributed by atoms with Gasteiger partial charge in [0.15, 0.2) is 0 Å². The molecule has 13 heavy (non-hydrogen) atoms. The van der Waals surface area contributed by atoms with Crippen molar-refractivity contribution in [2.45, 2.75) is 26.4 Å². The summed E-state index contributed by atoms with van der Waals surface area (Å²) < 4.78 is 0. The Morgan fingerprint density at radius 1 is 1.62 bits per heavy atom. The van der Waals surface area contributed by atoms with Crippen molar-refractivity contribution in [3.05, 3.63) is 16.6 Å². The Hall–Kier alpha value is 0.0700. The minimum absolute atomic E-state index is 0.531. The van der Waals surface area contributed by atoms with E-state index in [0.29, 0.717) is 12.0 Å². The van der Waals surface area contributed by atoms with Crippen molar-refractivity contribution in [3.8, 4) is 0 Å². The molecule has 0 spiro atoms. The van der Waals surface area contributed by atoms with Gasteiger partial charge in [-0.3, -0.25) is 0 Å². The largest absolute Gasteiger partial charge is 0.308 e. The van der Waals surface area contributed by atoms with Crippen molar-refractivity contribution in [1.29, 1.82) is 0 Å². The normalized spacial score (nSPS) is 15.6. The first-order valence-electron chi connectivity index (χ1n) is 4.41. The Morgan fingerprint density at radius 3 is 2.92 bits per heavy atom. The first kappa shape index (κ1) is 11.1. The van der Waals surface area contributed by atoms with E-state index < -0.39 is 0 Å². The minimum atomic E-state index is 0.531. The second-order valence-electron chi connectivity index (χ2n) is 3.23. The molecule has 0 aliphatic carbocycles. The Kier molecular flexibility index (Phi) is 4.91. The van der Waals surface area contributed by atoms with Gasteiger partial charge in [-0.15, -0.1) is 11.3 Å². The van der Waals surface area contributed by atoms with E-state index in [-0.39, 0.29) is 0 Å². The lowest BCUT2D eigenvalue weighted by atomic mass is 10.1. The van der Waals surface area contributed by atoms with Gasteiger partial charge >= 0.3 is 0 Å². The Morgan fingerprint density at radius 2 is 2.38 bits per heavy atom. The van der Waals surface area contributed by atoms with Crippen LogP contribution >= 0.6 is 27.3 Å². The molecule has 0 saturated carbocycles. The summed E-state index contributed by atoms with van der Waals surface area (Å²) in [4.78, 5) is 4.22. The fraction of sp³-hybridized carbons (Fsp3) is 0.667. The van der Waals surface area contributed by atoms with Crippen molar-refractivity contribution >= 4 is 27.3 Å². The zero-order valence-corrected chi connectivity index (χ0v) is 10.4. The van der Waals surface area contributed by atoms with Crippen molar-refractivity contribution in [2.24, 2.45) is 5.92 Å². The van der Waals surface area contributed by atoms with Crippen LogP contribution in [0.1, 0.15) is 18.9 Å². The van der Waals surface area contributed by atoms with E-state index in [1.54, 1.807) is 11.3 Å². The summed E-state index contributed by atoms with van der Waals surface area (Å²) >= 11 is 5.18. The molecular formula is C9H15BrN2S. The van der Waals surface area contributed by atoms with Crippen molar-refractivity contribution < 1.29 is 0 Å². The third-order valence-corrected chi connectivity index (χ3v) is 3.96. The van der Waals surface area contributed by atoms with E-state index in [1.165, 1.54) is 0 Å². The highest BCUT2D eigenvalue weighted by Gasteiger charge is 2.09. The van der Waals surface area contributed by atoms with Crippen LogP contribution in [0.25, 0.3) is 0 Å². The number of aromatic nitrogens is 1. The molecule has 0 saturated heterocycles. The summed E-state index contributed by atoms with van der Waals surface area (Å²) in [5.74, 6) is 0.653. The minimum Gasteiger partial charge on any atom is -0.308 e. The van der Waals surface area contributed by atoms with Gasteiger partial charge in [0.25, 0.3) is 0 Å². The number of nitrogens with zero attached hydrogens (tertiary/aromatic N) is 1. The van der Waals surface area contributed by atoms with Crippen LogP contribution < -0.4 is 5.32 Å². The maximum Gasteiger partial charge on any atom is 0.106 e. The molecule has 1 N–H and O–H groups in total. The monoisotopic (exact) mass is 262 g/mol. The molecule has 4 heteroatoms. The van der Waals surface area contributed by atoms with Gasteiger partial charge in [-0.05, 0) is 12.8 Å². The molecule has 0 amide bonds. The van der Waals surface area contributed by atoms with Gasteiger partial charge in [-0.25, -0.2) is 4.98 Å². The molecule has 0 fully saturated rings. The summed E-state index contributed by atoms with van der Waals surface area (Å²) in [6.07, 6.45) is 1.85. The lowest BCUT2D eigenvalue weighted by molar-refractivity contribution is 0.433. The quantitative estimate of drug-likeness (QED) is 0.826. The number of hydrogen-bond acceptors (Lipinski definition) is 3. The standard InChI is InChI=1S/C9H15BrN2S/c1-7(5-10)8(2)12-6-9-11-3-4-13-9/h3-4,7-8,12H,5-6H2,1-2H3. The van der Waals surface area contributed by atoms with Gasteiger partial charge in [0, 0.05) is 29.5 Å². The van der Waals surface area contributed by atoms with E-state index >= 15 is 0 Å². The highest BCUT2D eigenvalue weighted by molar-refractivity contribution is 9.09. The second-order valence-corrected chi connectivity index (χ2v) is 4.85. The van der Waals surface area contributed by atoms with Crippen LogP contribution in [-0.2, 0) is 6.54 Å².